The maximum Gasteiger partial charge on any atom is 0.366 e. The van der Waals surface area contributed by atoms with Crippen LogP contribution in [0.5, 0.6) is 0 Å². The molecule has 4 atom stereocenters. The van der Waals surface area contributed by atoms with Crippen LogP contribution in [0, 0.1) is 11.8 Å². The van der Waals surface area contributed by atoms with E-state index in [2.05, 4.69) is 29.9 Å². The molecule has 6 heteroatoms. The van der Waals surface area contributed by atoms with Gasteiger partial charge >= 0.3 is 5.97 Å². The van der Waals surface area contributed by atoms with Crippen molar-refractivity contribution in [3.8, 4) is 0 Å². The zero-order valence-electron chi connectivity index (χ0n) is 19.0. The van der Waals surface area contributed by atoms with Crippen molar-refractivity contribution in [1.29, 1.82) is 0 Å². The topological polar surface area (TPSA) is 85.2 Å². The van der Waals surface area contributed by atoms with E-state index in [1.54, 1.807) is 0 Å². The van der Waals surface area contributed by atoms with Crippen LogP contribution < -0.4 is 0 Å². The number of aliphatic hydroxyl groups is 2. The Morgan fingerprint density at radius 3 is 2.60 bits per heavy atom. The molecule has 2 fully saturated rings. The average Bonchev–Trinajstić information content (AvgIpc) is 3.15. The van der Waals surface area contributed by atoms with E-state index in [0.717, 1.165) is 26.4 Å². The third-order valence-corrected chi connectivity index (χ3v) is 6.04. The van der Waals surface area contributed by atoms with E-state index in [1.165, 1.54) is 25.7 Å². The maximum atomic E-state index is 11.3. The van der Waals surface area contributed by atoms with Gasteiger partial charge in [0.15, 0.2) is 5.79 Å². The molecule has 0 aromatic rings. The predicted molar refractivity (Wildman–Crippen MR) is 115 cm³/mol. The molecule has 0 amide bonds. The molecule has 172 valence electrons. The first-order chi connectivity index (χ1) is 14.2. The fourth-order valence-electron chi connectivity index (χ4n) is 4.50. The van der Waals surface area contributed by atoms with Crippen LogP contribution in [0.1, 0.15) is 78.6 Å². The van der Waals surface area contributed by atoms with Gasteiger partial charge in [-0.1, -0.05) is 50.5 Å². The maximum absolute atomic E-state index is 11.3. The van der Waals surface area contributed by atoms with E-state index in [1.807, 2.05) is 19.9 Å². The third-order valence-electron chi connectivity index (χ3n) is 6.04. The molecule has 2 rings (SSSR count). The molecule has 0 bridgehead atoms. The number of unbranched alkanes of at least 4 members (excludes halogenated alkanes) is 4. The number of ether oxygens (including phenoxy) is 3. The first kappa shape index (κ1) is 25.1. The highest BCUT2D eigenvalue weighted by molar-refractivity contribution is 5.76. The van der Waals surface area contributed by atoms with Crippen LogP contribution in [-0.2, 0) is 19.0 Å². The van der Waals surface area contributed by atoms with Gasteiger partial charge in [0.1, 0.15) is 0 Å². The second kappa shape index (κ2) is 11.4. The number of hydrogen-bond donors (Lipinski definition) is 2. The van der Waals surface area contributed by atoms with Crippen molar-refractivity contribution in [3.05, 3.63) is 24.3 Å². The Morgan fingerprint density at radius 1 is 1.13 bits per heavy atom. The summed E-state index contributed by atoms with van der Waals surface area (Å²) in [6.07, 6.45) is 17.1. The van der Waals surface area contributed by atoms with E-state index in [0.29, 0.717) is 18.3 Å². The fraction of sp³-hybridized carbons (Fsp3) is 0.792. The minimum atomic E-state index is -2.43. The molecule has 1 saturated carbocycles. The molecule has 2 N–H and O–H groups in total. The fourth-order valence-corrected chi connectivity index (χ4v) is 4.50. The summed E-state index contributed by atoms with van der Waals surface area (Å²) < 4.78 is 16.7. The molecule has 1 heterocycles. The summed E-state index contributed by atoms with van der Waals surface area (Å²) in [4.78, 5) is 11.3. The molecule has 0 radical (unpaired) electrons. The average molecular weight is 425 g/mol. The molecule has 2 aliphatic rings. The lowest BCUT2D eigenvalue weighted by molar-refractivity contribution is -0.208. The summed E-state index contributed by atoms with van der Waals surface area (Å²) in [6, 6.07) is 0. The van der Waals surface area contributed by atoms with Crippen LogP contribution >= 0.6 is 0 Å². The van der Waals surface area contributed by atoms with E-state index in [4.69, 9.17) is 9.47 Å². The van der Waals surface area contributed by atoms with Crippen molar-refractivity contribution in [1.82, 2.24) is 0 Å². The highest BCUT2D eigenvalue weighted by Crippen LogP contribution is 2.46. The van der Waals surface area contributed by atoms with Gasteiger partial charge in [0.2, 0.25) is 0 Å². The zero-order valence-corrected chi connectivity index (χ0v) is 19.0. The van der Waals surface area contributed by atoms with Gasteiger partial charge in [0, 0.05) is 12.3 Å². The number of allylic oxidation sites excluding steroid dienone is 3. The number of carbonyl (C=O) groups is 1. The van der Waals surface area contributed by atoms with Crippen LogP contribution in [0.3, 0.4) is 0 Å². The van der Waals surface area contributed by atoms with Crippen LogP contribution in [-0.4, -0.2) is 47.1 Å². The second-order valence-electron chi connectivity index (χ2n) is 9.04. The van der Waals surface area contributed by atoms with Crippen molar-refractivity contribution in [2.75, 3.05) is 7.11 Å². The molecule has 1 aliphatic carbocycles. The highest BCUT2D eigenvalue weighted by Gasteiger charge is 2.51. The summed E-state index contributed by atoms with van der Waals surface area (Å²) in [7, 11) is 1.14. The summed E-state index contributed by atoms with van der Waals surface area (Å²) in [5, 5.41) is 19.3. The van der Waals surface area contributed by atoms with Gasteiger partial charge in [0.25, 0.3) is 5.79 Å². The number of methoxy groups -OCH3 is 1. The Bertz CT molecular complexity index is 595. The SMILES string of the molecule is CCCCCCC=C[C@@H]1[C@@H](CC=CCCC(O)(O)C(=O)OC)C[C@H]2OC(C)(C)O[C@@H]12. The Morgan fingerprint density at radius 2 is 1.90 bits per heavy atom. The molecule has 1 saturated heterocycles. The minimum Gasteiger partial charge on any atom is -0.465 e. The van der Waals surface area contributed by atoms with Gasteiger partial charge in [-0.05, 0) is 51.9 Å². The number of rotatable bonds is 12. The first-order valence-corrected chi connectivity index (χ1v) is 11.4. The van der Waals surface area contributed by atoms with Crippen molar-refractivity contribution >= 4 is 5.97 Å². The Labute approximate surface area is 181 Å². The molecular weight excluding hydrogens is 384 g/mol. The molecule has 1 aliphatic heterocycles. The molecule has 0 spiro atoms. The Balaban J connectivity index is 1.88. The first-order valence-electron chi connectivity index (χ1n) is 11.4. The number of esters is 1. The largest absolute Gasteiger partial charge is 0.465 e. The predicted octanol–water partition coefficient (Wildman–Crippen LogP) is 4.25. The molecule has 0 aromatic heterocycles. The lowest BCUT2D eigenvalue weighted by Gasteiger charge is -2.24. The van der Waals surface area contributed by atoms with Crippen molar-refractivity contribution in [2.24, 2.45) is 11.8 Å². The Hall–Kier alpha value is -1.21. The smallest absolute Gasteiger partial charge is 0.366 e. The second-order valence-corrected chi connectivity index (χ2v) is 9.04. The Kier molecular flexibility index (Phi) is 9.54. The van der Waals surface area contributed by atoms with Gasteiger partial charge in [-0.25, -0.2) is 4.79 Å². The molecule has 0 aromatic carbocycles. The van der Waals surface area contributed by atoms with Crippen molar-refractivity contribution in [3.63, 3.8) is 0 Å². The van der Waals surface area contributed by atoms with E-state index in [-0.39, 0.29) is 18.6 Å². The van der Waals surface area contributed by atoms with Crippen molar-refractivity contribution in [2.45, 2.75) is 102 Å². The van der Waals surface area contributed by atoms with Crippen LogP contribution in [0.2, 0.25) is 0 Å². The van der Waals surface area contributed by atoms with E-state index >= 15 is 0 Å². The summed E-state index contributed by atoms with van der Waals surface area (Å²) in [5.74, 6) is -3.24. The van der Waals surface area contributed by atoms with E-state index < -0.39 is 17.5 Å². The lowest BCUT2D eigenvalue weighted by Crippen LogP contribution is -2.39. The van der Waals surface area contributed by atoms with Crippen LogP contribution in [0.15, 0.2) is 24.3 Å². The van der Waals surface area contributed by atoms with Gasteiger partial charge < -0.3 is 24.4 Å². The van der Waals surface area contributed by atoms with Crippen LogP contribution in [0.25, 0.3) is 0 Å². The summed E-state index contributed by atoms with van der Waals surface area (Å²) >= 11 is 0. The third kappa shape index (κ3) is 7.19. The normalized spacial score (nSPS) is 28.5. The molecule has 0 unspecified atom stereocenters. The van der Waals surface area contributed by atoms with Gasteiger partial charge in [-0.2, -0.15) is 0 Å². The highest BCUT2D eigenvalue weighted by atomic mass is 16.8. The standard InChI is InChI=1S/C24H40O6/c1-5-6-7-8-9-12-15-19-18(17-20-21(19)30-23(2,3)29-20)14-11-10-13-16-24(26,27)22(25)28-4/h10-12,15,18-21,26-27H,5-9,13-14,16-17H2,1-4H3/t18-,19+,20+,21-/m0/s1. The molecule has 30 heavy (non-hydrogen) atoms. The molecular formula is C24H40O6. The minimum absolute atomic E-state index is 0.0897. The number of hydrogen-bond acceptors (Lipinski definition) is 6. The zero-order chi connectivity index (χ0) is 22.2. The van der Waals surface area contributed by atoms with Crippen LogP contribution in [0.4, 0.5) is 0 Å². The van der Waals surface area contributed by atoms with Gasteiger partial charge in [0.05, 0.1) is 19.3 Å². The van der Waals surface area contributed by atoms with Gasteiger partial charge in [-0.3, -0.25) is 0 Å². The van der Waals surface area contributed by atoms with Gasteiger partial charge in [-0.15, -0.1) is 0 Å². The number of fused-ring (bicyclic) bond motifs is 1. The van der Waals surface area contributed by atoms with Crippen molar-refractivity contribution < 1.29 is 29.2 Å². The summed E-state index contributed by atoms with van der Waals surface area (Å²) in [5.41, 5.74) is 0. The quantitative estimate of drug-likeness (QED) is 0.211. The monoisotopic (exact) mass is 424 g/mol. The van der Waals surface area contributed by atoms with E-state index in [9.17, 15) is 15.0 Å². The molecule has 6 nitrogen and oxygen atoms in total. The lowest BCUT2D eigenvalue weighted by atomic mass is 9.90. The number of carbonyl (C=O) groups excluding carboxylic acids is 1. The summed E-state index contributed by atoms with van der Waals surface area (Å²) in [6.45, 7) is 6.18.